The molecule has 19 heavy (non-hydrogen) atoms. The van der Waals surface area contributed by atoms with E-state index in [1.807, 2.05) is 30.3 Å². The van der Waals surface area contributed by atoms with Crippen LogP contribution in [0.25, 0.3) is 0 Å². The lowest BCUT2D eigenvalue weighted by molar-refractivity contribution is 0.0512. The second-order valence-electron chi connectivity index (χ2n) is 4.02. The molecule has 0 spiro atoms. The first-order valence-corrected chi connectivity index (χ1v) is 6.14. The maximum Gasteiger partial charge on any atom is 0.356 e. The lowest BCUT2D eigenvalue weighted by atomic mass is 10.1. The SMILES string of the molecule is CCOC(=O)c1cnc(F)n1CCc1ccccc1. The third-order valence-electron chi connectivity index (χ3n) is 2.76. The fourth-order valence-corrected chi connectivity index (χ4v) is 1.82. The van der Waals surface area contributed by atoms with Crippen LogP contribution in [-0.2, 0) is 17.7 Å². The Morgan fingerprint density at radius 3 is 2.79 bits per heavy atom. The molecule has 4 nitrogen and oxygen atoms in total. The summed E-state index contributed by atoms with van der Waals surface area (Å²) in [4.78, 5) is 15.2. The highest BCUT2D eigenvalue weighted by Gasteiger charge is 2.17. The van der Waals surface area contributed by atoms with E-state index in [2.05, 4.69) is 4.98 Å². The second-order valence-corrected chi connectivity index (χ2v) is 4.02. The minimum Gasteiger partial charge on any atom is -0.461 e. The number of hydrogen-bond donors (Lipinski definition) is 0. The molecule has 0 aliphatic carbocycles. The van der Waals surface area contributed by atoms with E-state index in [0.29, 0.717) is 13.0 Å². The molecule has 0 atom stereocenters. The Labute approximate surface area is 110 Å². The number of carbonyl (C=O) groups excluding carboxylic acids is 1. The second kappa shape index (κ2) is 6.13. The number of hydrogen-bond acceptors (Lipinski definition) is 3. The maximum absolute atomic E-state index is 13.6. The number of aryl methyl sites for hydroxylation is 1. The van der Waals surface area contributed by atoms with Gasteiger partial charge in [0.15, 0.2) is 0 Å². The van der Waals surface area contributed by atoms with Crippen LogP contribution in [0.2, 0.25) is 0 Å². The van der Waals surface area contributed by atoms with Crippen LogP contribution < -0.4 is 0 Å². The summed E-state index contributed by atoms with van der Waals surface area (Å²) in [7, 11) is 0. The molecule has 0 aliphatic rings. The summed E-state index contributed by atoms with van der Waals surface area (Å²) in [6, 6.07) is 9.68. The highest BCUT2D eigenvalue weighted by molar-refractivity contribution is 5.87. The van der Waals surface area contributed by atoms with Gasteiger partial charge in [0.25, 0.3) is 6.08 Å². The number of esters is 1. The van der Waals surface area contributed by atoms with Crippen molar-refractivity contribution in [3.8, 4) is 0 Å². The molecule has 0 saturated carbocycles. The number of halogens is 1. The van der Waals surface area contributed by atoms with Gasteiger partial charge in [-0.2, -0.15) is 4.39 Å². The molecule has 0 fully saturated rings. The maximum atomic E-state index is 13.6. The van der Waals surface area contributed by atoms with Crippen molar-refractivity contribution in [3.63, 3.8) is 0 Å². The van der Waals surface area contributed by atoms with Gasteiger partial charge in [0.05, 0.1) is 12.8 Å². The molecule has 0 aliphatic heterocycles. The zero-order valence-electron chi connectivity index (χ0n) is 10.7. The number of rotatable bonds is 5. The number of ether oxygens (including phenoxy) is 1. The normalized spacial score (nSPS) is 10.4. The van der Waals surface area contributed by atoms with Gasteiger partial charge >= 0.3 is 5.97 Å². The predicted octanol–water partition coefficient (Wildman–Crippen LogP) is 2.44. The van der Waals surface area contributed by atoms with E-state index in [-0.39, 0.29) is 12.3 Å². The molecule has 2 aromatic rings. The van der Waals surface area contributed by atoms with Crippen molar-refractivity contribution < 1.29 is 13.9 Å². The van der Waals surface area contributed by atoms with Crippen LogP contribution in [-0.4, -0.2) is 22.1 Å². The van der Waals surface area contributed by atoms with Gasteiger partial charge in [-0.05, 0) is 18.9 Å². The Balaban J connectivity index is 2.11. The summed E-state index contributed by atoms with van der Waals surface area (Å²) < 4.78 is 19.7. The number of imidazole rings is 1. The molecule has 5 heteroatoms. The van der Waals surface area contributed by atoms with E-state index in [1.165, 1.54) is 10.8 Å². The molecular formula is C14H15FN2O2. The fourth-order valence-electron chi connectivity index (χ4n) is 1.82. The number of benzene rings is 1. The minimum atomic E-state index is -0.668. The van der Waals surface area contributed by atoms with Crippen molar-refractivity contribution in [1.29, 1.82) is 0 Å². The van der Waals surface area contributed by atoms with Gasteiger partial charge in [0.2, 0.25) is 0 Å². The van der Waals surface area contributed by atoms with Crippen LogP contribution in [0, 0.1) is 6.08 Å². The van der Waals surface area contributed by atoms with Crippen LogP contribution in [0.1, 0.15) is 23.0 Å². The first kappa shape index (κ1) is 13.3. The zero-order valence-corrected chi connectivity index (χ0v) is 10.7. The Kier molecular flexibility index (Phi) is 4.28. The smallest absolute Gasteiger partial charge is 0.356 e. The monoisotopic (exact) mass is 262 g/mol. The Hall–Kier alpha value is -2.17. The van der Waals surface area contributed by atoms with Crippen molar-refractivity contribution in [2.45, 2.75) is 19.9 Å². The lowest BCUT2D eigenvalue weighted by Gasteiger charge is -2.08. The molecule has 0 unspecified atom stereocenters. The van der Waals surface area contributed by atoms with E-state index in [9.17, 15) is 9.18 Å². The van der Waals surface area contributed by atoms with Gasteiger partial charge in [0, 0.05) is 6.54 Å². The summed E-state index contributed by atoms with van der Waals surface area (Å²) >= 11 is 0. The van der Waals surface area contributed by atoms with Crippen LogP contribution >= 0.6 is 0 Å². The van der Waals surface area contributed by atoms with Crippen molar-refractivity contribution in [2.75, 3.05) is 6.61 Å². The van der Waals surface area contributed by atoms with Gasteiger partial charge in [-0.1, -0.05) is 30.3 Å². The minimum absolute atomic E-state index is 0.148. The van der Waals surface area contributed by atoms with Crippen molar-refractivity contribution in [2.24, 2.45) is 0 Å². The summed E-state index contributed by atoms with van der Waals surface area (Å²) in [5.74, 6) is -0.549. The van der Waals surface area contributed by atoms with Crippen molar-refractivity contribution in [1.82, 2.24) is 9.55 Å². The molecule has 0 radical (unpaired) electrons. The number of nitrogens with zero attached hydrogens (tertiary/aromatic N) is 2. The van der Waals surface area contributed by atoms with Gasteiger partial charge in [-0.25, -0.2) is 9.78 Å². The number of aromatic nitrogens is 2. The molecule has 100 valence electrons. The standard InChI is InChI=1S/C14H15FN2O2/c1-2-19-13(18)12-10-16-14(15)17(12)9-8-11-6-4-3-5-7-11/h3-7,10H,2,8-9H2,1H3. The summed E-state index contributed by atoms with van der Waals surface area (Å²) in [5.41, 5.74) is 1.22. The molecule has 0 N–H and O–H groups in total. The van der Waals surface area contributed by atoms with Crippen LogP contribution in [0.4, 0.5) is 4.39 Å². The third kappa shape index (κ3) is 3.19. The first-order chi connectivity index (χ1) is 9.22. The molecule has 0 saturated heterocycles. The topological polar surface area (TPSA) is 44.1 Å². The average molecular weight is 262 g/mol. The van der Waals surface area contributed by atoms with Crippen molar-refractivity contribution in [3.05, 3.63) is 53.9 Å². The van der Waals surface area contributed by atoms with E-state index in [4.69, 9.17) is 4.74 Å². The third-order valence-corrected chi connectivity index (χ3v) is 2.76. The van der Waals surface area contributed by atoms with Crippen LogP contribution in [0.15, 0.2) is 36.5 Å². The van der Waals surface area contributed by atoms with E-state index in [0.717, 1.165) is 5.56 Å². The van der Waals surface area contributed by atoms with Gasteiger partial charge < -0.3 is 4.74 Å². The van der Waals surface area contributed by atoms with Gasteiger partial charge in [-0.15, -0.1) is 0 Å². The highest BCUT2D eigenvalue weighted by atomic mass is 19.1. The van der Waals surface area contributed by atoms with Crippen molar-refractivity contribution >= 4 is 5.97 Å². The van der Waals surface area contributed by atoms with Gasteiger partial charge in [0.1, 0.15) is 5.69 Å². The van der Waals surface area contributed by atoms with E-state index >= 15 is 0 Å². The quantitative estimate of drug-likeness (QED) is 0.777. The number of carbonyl (C=O) groups is 1. The first-order valence-electron chi connectivity index (χ1n) is 6.14. The Morgan fingerprint density at radius 2 is 2.11 bits per heavy atom. The average Bonchev–Trinajstić information content (AvgIpc) is 2.79. The molecule has 1 aromatic carbocycles. The summed E-state index contributed by atoms with van der Waals surface area (Å²) in [6.45, 7) is 2.31. The highest BCUT2D eigenvalue weighted by Crippen LogP contribution is 2.09. The van der Waals surface area contributed by atoms with E-state index < -0.39 is 12.0 Å². The Bertz CT molecular complexity index is 552. The summed E-state index contributed by atoms with van der Waals surface area (Å²) in [6.07, 6.45) is 1.16. The Morgan fingerprint density at radius 1 is 1.37 bits per heavy atom. The largest absolute Gasteiger partial charge is 0.461 e. The molecule has 0 amide bonds. The molecule has 1 heterocycles. The zero-order chi connectivity index (χ0) is 13.7. The summed E-state index contributed by atoms with van der Waals surface area (Å²) in [5, 5.41) is 0. The molecule has 2 rings (SSSR count). The van der Waals surface area contributed by atoms with Crippen LogP contribution in [0.5, 0.6) is 0 Å². The molecular weight excluding hydrogens is 247 g/mol. The lowest BCUT2D eigenvalue weighted by Crippen LogP contribution is -2.14. The predicted molar refractivity (Wildman–Crippen MR) is 68.3 cm³/mol. The molecule has 1 aromatic heterocycles. The molecule has 0 bridgehead atoms. The van der Waals surface area contributed by atoms with Crippen LogP contribution in [0.3, 0.4) is 0 Å². The van der Waals surface area contributed by atoms with Gasteiger partial charge in [-0.3, -0.25) is 4.57 Å². The van der Waals surface area contributed by atoms with E-state index in [1.54, 1.807) is 6.92 Å². The fraction of sp³-hybridized carbons (Fsp3) is 0.286.